The largest absolute Gasteiger partial charge is 0.442 e. The van der Waals surface area contributed by atoms with Gasteiger partial charge in [-0.25, -0.2) is 19.8 Å². The lowest BCUT2D eigenvalue weighted by Gasteiger charge is -2.21. The van der Waals surface area contributed by atoms with Crippen molar-refractivity contribution in [2.45, 2.75) is 6.29 Å². The lowest BCUT2D eigenvalue weighted by atomic mass is 10.1. The number of ether oxygens (including phenoxy) is 1. The van der Waals surface area contributed by atoms with Crippen LogP contribution in [0.5, 0.6) is 0 Å². The molecular formula is C21H13N3O4. The van der Waals surface area contributed by atoms with Crippen LogP contribution in [0.2, 0.25) is 0 Å². The Morgan fingerprint density at radius 2 is 1.64 bits per heavy atom. The quantitative estimate of drug-likeness (QED) is 0.580. The van der Waals surface area contributed by atoms with Gasteiger partial charge in [0.05, 0.1) is 16.6 Å². The highest BCUT2D eigenvalue weighted by Crippen LogP contribution is 2.32. The summed E-state index contributed by atoms with van der Waals surface area (Å²) in [4.78, 5) is 25.5. The zero-order valence-electron chi connectivity index (χ0n) is 14.4. The van der Waals surface area contributed by atoms with Crippen molar-refractivity contribution in [1.82, 2.24) is 9.97 Å². The SMILES string of the molecule is O=c1oc(-c2cccc(C3=Nc4ccccc4C(O)O3)n2)nc2ccccc12. The third-order valence-electron chi connectivity index (χ3n) is 4.37. The second-order valence-electron chi connectivity index (χ2n) is 6.18. The van der Waals surface area contributed by atoms with Gasteiger partial charge in [0.25, 0.3) is 0 Å². The van der Waals surface area contributed by atoms with Gasteiger partial charge in [0.2, 0.25) is 18.1 Å². The molecule has 0 saturated carbocycles. The number of rotatable bonds is 2. The number of pyridine rings is 1. The van der Waals surface area contributed by atoms with E-state index in [1.54, 1.807) is 60.7 Å². The Kier molecular flexibility index (Phi) is 3.73. The summed E-state index contributed by atoms with van der Waals surface area (Å²) in [7, 11) is 0. The first-order valence-corrected chi connectivity index (χ1v) is 8.59. The second kappa shape index (κ2) is 6.40. The number of aliphatic hydroxyl groups is 1. The van der Waals surface area contributed by atoms with Gasteiger partial charge in [0, 0.05) is 5.56 Å². The number of hydrogen-bond acceptors (Lipinski definition) is 7. The molecule has 1 N–H and O–H groups in total. The van der Waals surface area contributed by atoms with E-state index < -0.39 is 11.9 Å². The van der Waals surface area contributed by atoms with Crippen molar-refractivity contribution in [1.29, 1.82) is 0 Å². The Hall–Kier alpha value is -3.84. The summed E-state index contributed by atoms with van der Waals surface area (Å²) < 4.78 is 10.9. The maximum atomic E-state index is 12.2. The van der Waals surface area contributed by atoms with Crippen LogP contribution in [0.3, 0.4) is 0 Å². The van der Waals surface area contributed by atoms with Crippen molar-refractivity contribution >= 4 is 22.5 Å². The van der Waals surface area contributed by atoms with Gasteiger partial charge in [0.1, 0.15) is 11.4 Å². The van der Waals surface area contributed by atoms with Crippen molar-refractivity contribution in [2.75, 3.05) is 0 Å². The zero-order valence-corrected chi connectivity index (χ0v) is 14.4. The van der Waals surface area contributed by atoms with E-state index in [9.17, 15) is 9.90 Å². The van der Waals surface area contributed by atoms with Crippen LogP contribution in [0.1, 0.15) is 17.5 Å². The molecule has 4 aromatic rings. The molecule has 1 atom stereocenters. The standard InChI is InChI=1S/C21H13N3O4/c25-20-12-6-1-3-8-14(12)23-18(27-20)16-10-5-11-17(22-16)19-24-15-9-4-2-7-13(15)21(26)28-19/h1-11,20,25H. The molecule has 0 saturated heterocycles. The molecule has 0 spiro atoms. The predicted molar refractivity (Wildman–Crippen MR) is 102 cm³/mol. The highest BCUT2D eigenvalue weighted by atomic mass is 16.6. The Labute approximate surface area is 158 Å². The molecule has 0 bridgehead atoms. The number of benzene rings is 2. The van der Waals surface area contributed by atoms with E-state index in [1.807, 2.05) is 6.07 Å². The summed E-state index contributed by atoms with van der Waals surface area (Å²) >= 11 is 0. The topological polar surface area (TPSA) is 97.8 Å². The summed E-state index contributed by atoms with van der Waals surface area (Å²) in [6.45, 7) is 0. The molecule has 0 fully saturated rings. The van der Waals surface area contributed by atoms with Crippen LogP contribution < -0.4 is 5.63 Å². The van der Waals surface area contributed by atoms with E-state index in [2.05, 4.69) is 15.0 Å². The van der Waals surface area contributed by atoms with Gasteiger partial charge in [-0.2, -0.15) is 0 Å². The van der Waals surface area contributed by atoms with Gasteiger partial charge < -0.3 is 14.3 Å². The third kappa shape index (κ3) is 2.74. The van der Waals surface area contributed by atoms with E-state index in [-0.39, 0.29) is 11.8 Å². The minimum Gasteiger partial charge on any atom is -0.442 e. The van der Waals surface area contributed by atoms with Crippen molar-refractivity contribution in [3.63, 3.8) is 0 Å². The normalized spacial score (nSPS) is 15.6. The van der Waals surface area contributed by atoms with Gasteiger partial charge in [0.15, 0.2) is 0 Å². The highest BCUT2D eigenvalue weighted by Gasteiger charge is 2.23. The molecule has 2 aromatic heterocycles. The Balaban J connectivity index is 1.60. The third-order valence-corrected chi connectivity index (χ3v) is 4.37. The first kappa shape index (κ1) is 16.3. The van der Waals surface area contributed by atoms with E-state index >= 15 is 0 Å². The van der Waals surface area contributed by atoms with E-state index in [0.29, 0.717) is 33.5 Å². The van der Waals surface area contributed by atoms with E-state index in [0.717, 1.165) is 0 Å². The van der Waals surface area contributed by atoms with Crippen LogP contribution in [-0.2, 0) is 4.74 Å². The van der Waals surface area contributed by atoms with Crippen LogP contribution >= 0.6 is 0 Å². The minimum atomic E-state index is -1.13. The number of hydrogen-bond donors (Lipinski definition) is 1. The molecule has 2 aromatic carbocycles. The van der Waals surface area contributed by atoms with Crippen molar-refractivity contribution < 1.29 is 14.3 Å². The van der Waals surface area contributed by atoms with Crippen molar-refractivity contribution in [3.05, 3.63) is 88.4 Å². The number of aliphatic imine (C=N–C) groups is 1. The predicted octanol–water partition coefficient (Wildman–Crippen LogP) is 3.35. The first-order chi connectivity index (χ1) is 13.7. The molecule has 1 aliphatic rings. The van der Waals surface area contributed by atoms with E-state index in [4.69, 9.17) is 9.15 Å². The molecule has 1 aliphatic heterocycles. The fourth-order valence-electron chi connectivity index (χ4n) is 3.02. The average molecular weight is 371 g/mol. The van der Waals surface area contributed by atoms with Gasteiger partial charge in [-0.15, -0.1) is 0 Å². The number of aliphatic hydroxyl groups excluding tert-OH is 1. The van der Waals surface area contributed by atoms with Crippen LogP contribution in [0.25, 0.3) is 22.5 Å². The maximum Gasteiger partial charge on any atom is 0.347 e. The maximum absolute atomic E-state index is 12.2. The minimum absolute atomic E-state index is 0.0999. The Morgan fingerprint density at radius 3 is 2.57 bits per heavy atom. The number of fused-ring (bicyclic) bond motifs is 2. The fourth-order valence-corrected chi connectivity index (χ4v) is 3.02. The van der Waals surface area contributed by atoms with Crippen molar-refractivity contribution in [3.8, 4) is 11.6 Å². The molecule has 7 nitrogen and oxygen atoms in total. The number of nitrogens with zero attached hydrogens (tertiary/aromatic N) is 3. The summed E-state index contributed by atoms with van der Waals surface area (Å²) in [5.41, 5.74) is 1.99. The summed E-state index contributed by atoms with van der Waals surface area (Å²) in [5, 5.41) is 10.6. The van der Waals surface area contributed by atoms with Crippen LogP contribution in [-0.4, -0.2) is 21.0 Å². The Bertz CT molecular complexity index is 1300. The number of aromatic nitrogens is 2. The van der Waals surface area contributed by atoms with Gasteiger partial charge in [-0.1, -0.05) is 36.4 Å². The summed E-state index contributed by atoms with van der Waals surface area (Å²) in [5.74, 6) is 0.277. The monoisotopic (exact) mass is 371 g/mol. The molecule has 5 rings (SSSR count). The first-order valence-electron chi connectivity index (χ1n) is 8.59. The highest BCUT2D eigenvalue weighted by molar-refractivity contribution is 5.95. The molecule has 0 amide bonds. The van der Waals surface area contributed by atoms with E-state index in [1.165, 1.54) is 0 Å². The smallest absolute Gasteiger partial charge is 0.347 e. The molecule has 28 heavy (non-hydrogen) atoms. The van der Waals surface area contributed by atoms with Gasteiger partial charge in [-0.3, -0.25) is 0 Å². The van der Waals surface area contributed by atoms with Gasteiger partial charge >= 0.3 is 5.63 Å². The van der Waals surface area contributed by atoms with Gasteiger partial charge in [-0.05, 0) is 30.3 Å². The average Bonchev–Trinajstić information content (AvgIpc) is 2.74. The lowest BCUT2D eigenvalue weighted by Crippen LogP contribution is -2.17. The molecule has 3 heterocycles. The second-order valence-corrected chi connectivity index (χ2v) is 6.18. The van der Waals surface area contributed by atoms with Crippen LogP contribution in [0.4, 0.5) is 5.69 Å². The number of para-hydroxylation sites is 2. The zero-order chi connectivity index (χ0) is 19.1. The molecule has 136 valence electrons. The lowest BCUT2D eigenvalue weighted by molar-refractivity contribution is -0.0317. The van der Waals surface area contributed by atoms with Crippen molar-refractivity contribution in [2.24, 2.45) is 4.99 Å². The molecule has 7 heteroatoms. The molecule has 0 aliphatic carbocycles. The molecular weight excluding hydrogens is 358 g/mol. The summed E-state index contributed by atoms with van der Waals surface area (Å²) in [6.07, 6.45) is -1.13. The molecule has 1 unspecified atom stereocenters. The fraction of sp³-hybridized carbons (Fsp3) is 0.0476. The summed E-state index contributed by atoms with van der Waals surface area (Å²) in [6, 6.07) is 19.2. The Morgan fingerprint density at radius 1 is 0.857 bits per heavy atom. The van der Waals surface area contributed by atoms with Crippen LogP contribution in [0.15, 0.2) is 80.9 Å². The molecule has 0 radical (unpaired) electrons. The van der Waals surface area contributed by atoms with Crippen LogP contribution in [0, 0.1) is 0 Å².